The summed E-state index contributed by atoms with van der Waals surface area (Å²) in [7, 11) is -3.76. The number of hydrogen-bond donors (Lipinski definition) is 2. The zero-order valence-corrected chi connectivity index (χ0v) is 18.3. The summed E-state index contributed by atoms with van der Waals surface area (Å²) < 4.78 is 32.8. The highest BCUT2D eigenvalue weighted by Crippen LogP contribution is 2.50. The summed E-state index contributed by atoms with van der Waals surface area (Å²) in [4.78, 5) is 12.9. The Kier molecular flexibility index (Phi) is 5.28. The highest BCUT2D eigenvalue weighted by molar-refractivity contribution is 7.92. The molecule has 2 unspecified atom stereocenters. The molecule has 6 nitrogen and oxygen atoms in total. The maximum atomic E-state index is 13.7. The smallest absolute Gasteiger partial charge is 0.354 e. The van der Waals surface area contributed by atoms with Crippen LogP contribution in [0.3, 0.4) is 0 Å². The third kappa shape index (κ3) is 3.36. The van der Waals surface area contributed by atoms with E-state index in [-0.39, 0.29) is 23.2 Å². The number of esters is 1. The number of ether oxygens (including phenoxy) is 1. The van der Waals surface area contributed by atoms with Crippen molar-refractivity contribution in [3.05, 3.63) is 76.6 Å². The molecule has 30 heavy (non-hydrogen) atoms. The van der Waals surface area contributed by atoms with Crippen molar-refractivity contribution in [1.82, 2.24) is 10.6 Å². The highest BCUT2D eigenvalue weighted by atomic mass is 35.5. The number of rotatable bonds is 4. The van der Waals surface area contributed by atoms with Crippen LogP contribution in [0.25, 0.3) is 0 Å². The molecule has 1 aromatic rings. The molecule has 0 radical (unpaired) electrons. The molecule has 2 N–H and O–H groups in total. The van der Waals surface area contributed by atoms with Crippen LogP contribution in [0, 0.1) is 5.41 Å². The first-order chi connectivity index (χ1) is 14.2. The number of benzene rings is 1. The lowest BCUT2D eigenvalue weighted by molar-refractivity contribution is -0.143. The number of carbonyl (C=O) groups is 1. The first kappa shape index (κ1) is 20.8. The third-order valence-electron chi connectivity index (χ3n) is 5.51. The van der Waals surface area contributed by atoms with Gasteiger partial charge in [0, 0.05) is 23.8 Å². The first-order valence-electron chi connectivity index (χ1n) is 9.75. The minimum absolute atomic E-state index is 0.195. The molecule has 0 aromatic heterocycles. The zero-order valence-electron chi connectivity index (χ0n) is 16.7. The van der Waals surface area contributed by atoms with Crippen LogP contribution in [0.5, 0.6) is 0 Å². The van der Waals surface area contributed by atoms with Gasteiger partial charge in [-0.25, -0.2) is 13.2 Å². The Morgan fingerprint density at radius 2 is 1.97 bits per heavy atom. The molecule has 2 aliphatic heterocycles. The summed E-state index contributed by atoms with van der Waals surface area (Å²) in [5.74, 6) is -0.502. The van der Waals surface area contributed by atoms with E-state index < -0.39 is 26.5 Å². The Morgan fingerprint density at radius 1 is 1.23 bits per heavy atom. The molecule has 1 aliphatic carbocycles. The molecule has 8 heteroatoms. The summed E-state index contributed by atoms with van der Waals surface area (Å²) >= 11 is 5.95. The van der Waals surface area contributed by atoms with Gasteiger partial charge in [-0.3, -0.25) is 0 Å². The molecule has 1 aromatic carbocycles. The molecule has 4 rings (SSSR count). The maximum absolute atomic E-state index is 13.7. The Bertz CT molecular complexity index is 1100. The Labute approximate surface area is 181 Å². The van der Waals surface area contributed by atoms with Crippen LogP contribution in [-0.4, -0.2) is 38.8 Å². The molecule has 1 fully saturated rings. The minimum Gasteiger partial charge on any atom is -0.458 e. The fraction of sp³-hybridized carbons (Fsp3) is 0.318. The second-order valence-corrected chi connectivity index (χ2v) is 10.3. The topological polar surface area (TPSA) is 84.5 Å². The molecular weight excluding hydrogens is 424 g/mol. The standard InChI is InChI=1S/C22H23ClN2O4S/c1-14(2)29-21(26)18-12-22-15(10-11-24-18)4-3-5-19(22)25-13-20(22)30(27,28)17-8-6-16(23)7-9-17/h3-10,12,14,20,24-25H,11,13H2,1-2H3. The lowest BCUT2D eigenvalue weighted by Crippen LogP contribution is -2.40. The number of hydrogen-bond acceptors (Lipinski definition) is 6. The normalized spacial score (nSPS) is 25.1. The van der Waals surface area contributed by atoms with Crippen molar-refractivity contribution < 1.29 is 17.9 Å². The lowest BCUT2D eigenvalue weighted by Gasteiger charge is -2.35. The van der Waals surface area contributed by atoms with Gasteiger partial charge in [0.15, 0.2) is 9.84 Å². The van der Waals surface area contributed by atoms with Crippen molar-refractivity contribution >= 4 is 27.4 Å². The third-order valence-corrected chi connectivity index (χ3v) is 7.98. The molecule has 0 amide bonds. The molecule has 2 heterocycles. The summed E-state index contributed by atoms with van der Waals surface area (Å²) in [6.07, 6.45) is 8.99. The molecule has 3 aliphatic rings. The van der Waals surface area contributed by atoms with Crippen LogP contribution in [0.1, 0.15) is 13.8 Å². The average Bonchev–Trinajstić information content (AvgIpc) is 2.95. The minimum atomic E-state index is -3.76. The van der Waals surface area contributed by atoms with E-state index in [2.05, 4.69) is 10.6 Å². The summed E-state index contributed by atoms with van der Waals surface area (Å²) in [5.41, 5.74) is 0.822. The monoisotopic (exact) mass is 446 g/mol. The fourth-order valence-electron chi connectivity index (χ4n) is 4.20. The van der Waals surface area contributed by atoms with E-state index in [0.29, 0.717) is 11.6 Å². The molecule has 158 valence electrons. The van der Waals surface area contributed by atoms with Crippen LogP contribution in [-0.2, 0) is 19.4 Å². The fourth-order valence-corrected chi connectivity index (χ4v) is 6.29. The van der Waals surface area contributed by atoms with E-state index in [9.17, 15) is 13.2 Å². The second kappa shape index (κ2) is 7.63. The first-order valence-corrected chi connectivity index (χ1v) is 11.7. The van der Waals surface area contributed by atoms with Gasteiger partial charge in [-0.1, -0.05) is 29.8 Å². The number of sulfone groups is 1. The van der Waals surface area contributed by atoms with E-state index in [0.717, 1.165) is 11.3 Å². The quantitative estimate of drug-likeness (QED) is 0.692. The lowest BCUT2D eigenvalue weighted by atomic mass is 9.73. The molecule has 0 bridgehead atoms. The van der Waals surface area contributed by atoms with Gasteiger partial charge in [0.2, 0.25) is 0 Å². The van der Waals surface area contributed by atoms with Gasteiger partial charge in [0.1, 0.15) is 10.9 Å². The van der Waals surface area contributed by atoms with E-state index in [1.807, 2.05) is 24.3 Å². The van der Waals surface area contributed by atoms with Crippen molar-refractivity contribution in [2.75, 3.05) is 13.1 Å². The summed E-state index contributed by atoms with van der Waals surface area (Å²) in [6.45, 7) is 4.16. The Hall–Kier alpha value is -2.51. The maximum Gasteiger partial charge on any atom is 0.354 e. The number of carbonyl (C=O) groups excluding carboxylic acids is 1. The van der Waals surface area contributed by atoms with Crippen LogP contribution >= 0.6 is 11.6 Å². The van der Waals surface area contributed by atoms with Crippen molar-refractivity contribution in [3.63, 3.8) is 0 Å². The van der Waals surface area contributed by atoms with E-state index >= 15 is 0 Å². The van der Waals surface area contributed by atoms with Gasteiger partial charge < -0.3 is 15.4 Å². The van der Waals surface area contributed by atoms with Gasteiger partial charge in [-0.2, -0.15) is 0 Å². The average molecular weight is 447 g/mol. The van der Waals surface area contributed by atoms with Gasteiger partial charge in [-0.15, -0.1) is 0 Å². The van der Waals surface area contributed by atoms with Gasteiger partial charge >= 0.3 is 5.97 Å². The van der Waals surface area contributed by atoms with Gasteiger partial charge in [-0.05, 0) is 55.8 Å². The highest BCUT2D eigenvalue weighted by Gasteiger charge is 2.55. The predicted molar refractivity (Wildman–Crippen MR) is 115 cm³/mol. The molecule has 1 saturated heterocycles. The summed E-state index contributed by atoms with van der Waals surface area (Å²) in [6, 6.07) is 6.17. The SMILES string of the molecule is CC(C)OC(=O)C1=CC23C(=CCN1)C=CC=C2NCC3S(=O)(=O)c1ccc(Cl)cc1. The number of allylic oxidation sites excluding steroid dienone is 4. The van der Waals surface area contributed by atoms with Crippen molar-refractivity contribution in [1.29, 1.82) is 0 Å². The van der Waals surface area contributed by atoms with E-state index in [1.54, 1.807) is 32.1 Å². The molecule has 2 atom stereocenters. The molecular formula is C22H23ClN2O4S. The second-order valence-electron chi connectivity index (χ2n) is 7.73. The van der Waals surface area contributed by atoms with Crippen molar-refractivity contribution in [2.24, 2.45) is 5.41 Å². The van der Waals surface area contributed by atoms with Crippen LogP contribution in [0.2, 0.25) is 5.02 Å². The number of halogens is 1. The Morgan fingerprint density at radius 3 is 2.67 bits per heavy atom. The number of nitrogens with one attached hydrogen (secondary N) is 2. The molecule has 1 spiro atoms. The van der Waals surface area contributed by atoms with Crippen LogP contribution in [0.4, 0.5) is 0 Å². The Balaban J connectivity index is 1.87. The van der Waals surface area contributed by atoms with Gasteiger partial charge in [0.25, 0.3) is 0 Å². The predicted octanol–water partition coefficient (Wildman–Crippen LogP) is 2.89. The van der Waals surface area contributed by atoms with Crippen LogP contribution in [0.15, 0.2) is 76.5 Å². The largest absolute Gasteiger partial charge is 0.458 e. The van der Waals surface area contributed by atoms with Crippen molar-refractivity contribution in [2.45, 2.75) is 30.1 Å². The molecule has 0 saturated carbocycles. The van der Waals surface area contributed by atoms with Crippen molar-refractivity contribution in [3.8, 4) is 0 Å². The van der Waals surface area contributed by atoms with Crippen LogP contribution < -0.4 is 10.6 Å². The summed E-state index contributed by atoms with van der Waals surface area (Å²) in [5, 5.41) is 5.96. The zero-order chi connectivity index (χ0) is 21.5. The van der Waals surface area contributed by atoms with E-state index in [4.69, 9.17) is 16.3 Å². The van der Waals surface area contributed by atoms with Gasteiger partial charge in [0.05, 0.1) is 16.4 Å². The van der Waals surface area contributed by atoms with E-state index in [1.165, 1.54) is 12.1 Å².